The Morgan fingerprint density at radius 3 is 2.88 bits per heavy atom. The number of nitrogens with one attached hydrogen (secondary N) is 1. The number of primary amides is 1. The minimum absolute atomic E-state index is 0.393. The van der Waals surface area contributed by atoms with E-state index in [-0.39, 0.29) is 0 Å². The standard InChI is InChI=1S/C17H18N2O4S2/c1-9-4-5-10-12(7-9)25-16(14(10)15(18)21)19-13(20)8-23-17(22)11-3-2-6-24-11/h2-3,6,9H,4-5,7-8H2,1H3,(H2,18,21)(H,19,20)/t9-/m1/s1. The van der Waals surface area contributed by atoms with Gasteiger partial charge in [-0.2, -0.15) is 0 Å². The summed E-state index contributed by atoms with van der Waals surface area (Å²) in [7, 11) is 0. The summed E-state index contributed by atoms with van der Waals surface area (Å²) in [5.41, 5.74) is 6.85. The highest BCUT2D eigenvalue weighted by Crippen LogP contribution is 2.39. The van der Waals surface area contributed by atoms with Crippen LogP contribution in [0.3, 0.4) is 0 Å². The van der Waals surface area contributed by atoms with Gasteiger partial charge in [-0.25, -0.2) is 4.79 Å². The molecule has 132 valence electrons. The highest BCUT2D eigenvalue weighted by atomic mass is 32.1. The summed E-state index contributed by atoms with van der Waals surface area (Å²) in [5, 5.41) is 4.87. The molecule has 0 saturated heterocycles. The Kier molecular flexibility index (Phi) is 5.19. The largest absolute Gasteiger partial charge is 0.451 e. The fraction of sp³-hybridized carbons (Fsp3) is 0.353. The second-order valence-corrected chi connectivity index (χ2v) is 8.07. The van der Waals surface area contributed by atoms with E-state index in [1.165, 1.54) is 22.7 Å². The average molecular weight is 378 g/mol. The van der Waals surface area contributed by atoms with Crippen LogP contribution in [-0.4, -0.2) is 24.4 Å². The Bertz CT molecular complexity index is 811. The molecule has 0 aliphatic heterocycles. The van der Waals surface area contributed by atoms with E-state index in [1.54, 1.807) is 17.5 Å². The molecule has 2 heterocycles. The molecule has 0 saturated carbocycles. The lowest BCUT2D eigenvalue weighted by Gasteiger charge is -2.18. The van der Waals surface area contributed by atoms with E-state index in [1.807, 2.05) is 0 Å². The Balaban J connectivity index is 1.69. The Hall–Kier alpha value is -2.19. The van der Waals surface area contributed by atoms with Crippen LogP contribution in [0.15, 0.2) is 17.5 Å². The SMILES string of the molecule is C[C@@H]1CCc2c(sc(NC(=O)COC(=O)c3cccs3)c2C(N)=O)C1. The van der Waals surface area contributed by atoms with E-state index in [2.05, 4.69) is 12.2 Å². The van der Waals surface area contributed by atoms with Gasteiger partial charge < -0.3 is 15.8 Å². The van der Waals surface area contributed by atoms with Crippen LogP contribution < -0.4 is 11.1 Å². The zero-order valence-electron chi connectivity index (χ0n) is 13.7. The smallest absolute Gasteiger partial charge is 0.348 e. The molecule has 3 rings (SSSR count). The van der Waals surface area contributed by atoms with E-state index < -0.39 is 24.4 Å². The third-order valence-corrected chi connectivity index (χ3v) is 6.09. The summed E-state index contributed by atoms with van der Waals surface area (Å²) < 4.78 is 4.99. The molecule has 1 aliphatic carbocycles. The zero-order valence-corrected chi connectivity index (χ0v) is 15.3. The molecule has 0 fully saturated rings. The summed E-state index contributed by atoms with van der Waals surface area (Å²) in [6.07, 6.45) is 2.66. The Morgan fingerprint density at radius 2 is 2.20 bits per heavy atom. The lowest BCUT2D eigenvalue weighted by atomic mass is 9.88. The lowest BCUT2D eigenvalue weighted by Crippen LogP contribution is -2.23. The van der Waals surface area contributed by atoms with E-state index in [0.29, 0.717) is 21.4 Å². The van der Waals surface area contributed by atoms with Crippen molar-refractivity contribution in [2.45, 2.75) is 26.2 Å². The Labute approximate surface area is 153 Å². The van der Waals surface area contributed by atoms with Crippen molar-refractivity contribution in [2.24, 2.45) is 11.7 Å². The van der Waals surface area contributed by atoms with Crippen LogP contribution in [0.25, 0.3) is 0 Å². The fourth-order valence-corrected chi connectivity index (χ4v) is 4.91. The second kappa shape index (κ2) is 7.37. The molecule has 1 aliphatic rings. The minimum atomic E-state index is -0.544. The number of fused-ring (bicyclic) bond motifs is 1. The first-order chi connectivity index (χ1) is 12.0. The molecule has 0 spiro atoms. The van der Waals surface area contributed by atoms with Crippen molar-refractivity contribution in [1.82, 2.24) is 0 Å². The topological polar surface area (TPSA) is 98.5 Å². The number of hydrogen-bond donors (Lipinski definition) is 2. The van der Waals surface area contributed by atoms with Crippen molar-refractivity contribution in [3.63, 3.8) is 0 Å². The molecule has 8 heteroatoms. The first-order valence-electron chi connectivity index (χ1n) is 7.90. The third-order valence-electron chi connectivity index (χ3n) is 4.07. The summed E-state index contributed by atoms with van der Waals surface area (Å²) in [6, 6.07) is 3.36. The van der Waals surface area contributed by atoms with E-state index in [0.717, 1.165) is 29.7 Å². The van der Waals surface area contributed by atoms with Gasteiger partial charge in [-0.1, -0.05) is 13.0 Å². The predicted octanol–water partition coefficient (Wildman–Crippen LogP) is 2.83. The van der Waals surface area contributed by atoms with Crippen LogP contribution in [-0.2, 0) is 22.4 Å². The maximum Gasteiger partial charge on any atom is 0.348 e. The van der Waals surface area contributed by atoms with Crippen molar-refractivity contribution in [1.29, 1.82) is 0 Å². The van der Waals surface area contributed by atoms with Gasteiger partial charge in [-0.3, -0.25) is 9.59 Å². The van der Waals surface area contributed by atoms with Gasteiger partial charge in [0.1, 0.15) is 9.88 Å². The van der Waals surface area contributed by atoms with Gasteiger partial charge in [0.15, 0.2) is 6.61 Å². The molecule has 25 heavy (non-hydrogen) atoms. The van der Waals surface area contributed by atoms with Crippen molar-refractivity contribution in [3.05, 3.63) is 38.4 Å². The van der Waals surface area contributed by atoms with Crippen molar-refractivity contribution in [3.8, 4) is 0 Å². The number of esters is 1. The minimum Gasteiger partial charge on any atom is -0.451 e. The second-order valence-electron chi connectivity index (χ2n) is 6.02. The quantitative estimate of drug-likeness (QED) is 0.782. The molecular formula is C17H18N2O4S2. The molecule has 6 nitrogen and oxygen atoms in total. The Morgan fingerprint density at radius 1 is 1.40 bits per heavy atom. The first kappa shape index (κ1) is 17.6. The number of anilines is 1. The van der Waals surface area contributed by atoms with Crippen molar-refractivity contribution < 1.29 is 19.1 Å². The van der Waals surface area contributed by atoms with Crippen LogP contribution in [0.4, 0.5) is 5.00 Å². The maximum atomic E-state index is 12.1. The molecule has 0 unspecified atom stereocenters. The molecule has 2 aromatic rings. The monoisotopic (exact) mass is 378 g/mol. The number of carbonyl (C=O) groups is 3. The van der Waals surface area contributed by atoms with Gasteiger partial charge in [0.05, 0.1) is 5.56 Å². The van der Waals surface area contributed by atoms with E-state index in [9.17, 15) is 14.4 Å². The van der Waals surface area contributed by atoms with Crippen LogP contribution in [0.1, 0.15) is 43.8 Å². The zero-order chi connectivity index (χ0) is 18.0. The lowest BCUT2D eigenvalue weighted by molar-refractivity contribution is -0.119. The fourth-order valence-electron chi connectivity index (χ4n) is 2.86. The number of rotatable bonds is 5. The number of thiophene rings is 2. The highest BCUT2D eigenvalue weighted by Gasteiger charge is 2.27. The molecule has 3 N–H and O–H groups in total. The van der Waals surface area contributed by atoms with Crippen LogP contribution in [0, 0.1) is 5.92 Å². The van der Waals surface area contributed by atoms with Gasteiger partial charge >= 0.3 is 5.97 Å². The van der Waals surface area contributed by atoms with Crippen LogP contribution in [0.2, 0.25) is 0 Å². The number of ether oxygens (including phenoxy) is 1. The van der Waals surface area contributed by atoms with Gasteiger partial charge in [0.25, 0.3) is 11.8 Å². The molecule has 0 aromatic carbocycles. The molecule has 2 amide bonds. The predicted molar refractivity (Wildman–Crippen MR) is 97.3 cm³/mol. The maximum absolute atomic E-state index is 12.1. The average Bonchev–Trinajstić information content (AvgIpc) is 3.19. The van der Waals surface area contributed by atoms with Gasteiger partial charge in [-0.15, -0.1) is 22.7 Å². The summed E-state index contributed by atoms with van der Waals surface area (Å²) in [4.78, 5) is 37.2. The van der Waals surface area contributed by atoms with Crippen LogP contribution >= 0.6 is 22.7 Å². The van der Waals surface area contributed by atoms with E-state index in [4.69, 9.17) is 10.5 Å². The number of carbonyl (C=O) groups excluding carboxylic acids is 3. The number of amides is 2. The molecule has 0 bridgehead atoms. The number of hydrogen-bond acceptors (Lipinski definition) is 6. The molecule has 0 radical (unpaired) electrons. The van der Waals surface area contributed by atoms with Gasteiger partial charge in [0, 0.05) is 4.88 Å². The summed E-state index contributed by atoms with van der Waals surface area (Å²) >= 11 is 2.63. The van der Waals surface area contributed by atoms with Crippen molar-refractivity contribution >= 4 is 45.5 Å². The van der Waals surface area contributed by atoms with Gasteiger partial charge in [-0.05, 0) is 42.2 Å². The normalized spacial score (nSPS) is 16.1. The molecule has 1 atom stereocenters. The first-order valence-corrected chi connectivity index (χ1v) is 9.60. The molecule has 2 aromatic heterocycles. The number of nitrogens with two attached hydrogens (primary N) is 1. The van der Waals surface area contributed by atoms with Crippen LogP contribution in [0.5, 0.6) is 0 Å². The summed E-state index contributed by atoms with van der Waals surface area (Å²) in [6.45, 7) is 1.75. The third kappa shape index (κ3) is 3.91. The van der Waals surface area contributed by atoms with Gasteiger partial charge in [0.2, 0.25) is 0 Å². The highest BCUT2D eigenvalue weighted by molar-refractivity contribution is 7.17. The summed E-state index contributed by atoms with van der Waals surface area (Å²) in [5.74, 6) is -1.03. The molecular weight excluding hydrogens is 360 g/mol. The van der Waals surface area contributed by atoms with Crippen molar-refractivity contribution in [2.75, 3.05) is 11.9 Å². The van der Waals surface area contributed by atoms with E-state index >= 15 is 0 Å².